The number of hydrogen-bond acceptors (Lipinski definition) is 19. The molecule has 1 aromatic rings. The molecule has 360 valence electrons. The van der Waals surface area contributed by atoms with Crippen molar-refractivity contribution in [2.24, 2.45) is 28.3 Å². The van der Waals surface area contributed by atoms with Gasteiger partial charge in [-0.2, -0.15) is 0 Å². The van der Waals surface area contributed by atoms with Gasteiger partial charge in [0.25, 0.3) is 5.56 Å². The lowest BCUT2D eigenvalue weighted by atomic mass is 9.98. The van der Waals surface area contributed by atoms with Crippen molar-refractivity contribution in [2.45, 2.75) is 132 Å². The van der Waals surface area contributed by atoms with Crippen LogP contribution in [0.3, 0.4) is 0 Å². The second-order valence-electron chi connectivity index (χ2n) is 16.4. The molecule has 17 N–H and O–H groups in total. The fourth-order valence-corrected chi connectivity index (χ4v) is 7.39. The first-order valence-electron chi connectivity index (χ1n) is 20.8. The number of urea groups is 1. The van der Waals surface area contributed by atoms with E-state index in [-0.39, 0.29) is 57.3 Å². The summed E-state index contributed by atoms with van der Waals surface area (Å²) >= 11 is 0. The van der Waals surface area contributed by atoms with E-state index in [1.807, 2.05) is 4.98 Å². The predicted octanol–water partition coefficient (Wildman–Crippen LogP) is -6.52. The third-order valence-electron chi connectivity index (χ3n) is 10.8. The molecule has 2 saturated heterocycles. The van der Waals surface area contributed by atoms with Gasteiger partial charge in [-0.3, -0.25) is 33.7 Å². The van der Waals surface area contributed by atoms with E-state index in [0.717, 1.165) is 16.8 Å². The molecule has 2 fully saturated rings. The lowest BCUT2D eigenvalue weighted by Crippen LogP contribution is -2.64. The zero-order chi connectivity index (χ0) is 47.6. The van der Waals surface area contributed by atoms with Gasteiger partial charge in [0.2, 0.25) is 11.8 Å². The second kappa shape index (κ2) is 23.1. The summed E-state index contributed by atoms with van der Waals surface area (Å²) in [4.78, 5) is 95.2. The van der Waals surface area contributed by atoms with Crippen LogP contribution in [0.25, 0.3) is 0 Å². The molecule has 0 radical (unpaired) electrons. The number of rotatable bonds is 22. The Bertz CT molecular complexity index is 1930. The van der Waals surface area contributed by atoms with Gasteiger partial charge in [-0.05, 0) is 37.6 Å². The maximum Gasteiger partial charge on any atom is 0.330 e. The van der Waals surface area contributed by atoms with Crippen LogP contribution in [0.5, 0.6) is 0 Å². The minimum Gasteiger partial charge on any atom is -0.480 e. The maximum atomic E-state index is 13.8. The van der Waals surface area contributed by atoms with Gasteiger partial charge in [-0.15, -0.1) is 0 Å². The zero-order valence-electron chi connectivity index (χ0n) is 35.7. The van der Waals surface area contributed by atoms with E-state index in [9.17, 15) is 64.2 Å². The lowest BCUT2D eigenvalue weighted by molar-refractivity contribution is -0.228. The van der Waals surface area contributed by atoms with Crippen LogP contribution in [0.2, 0.25) is 0 Å². The van der Waals surface area contributed by atoms with Crippen molar-refractivity contribution in [3.63, 3.8) is 0 Å². The second-order valence-corrected chi connectivity index (χ2v) is 16.4. The fraction of sp³-hybridized carbons (Fsp3) is 0.730. The smallest absolute Gasteiger partial charge is 0.330 e. The van der Waals surface area contributed by atoms with Crippen LogP contribution in [0.15, 0.2) is 26.8 Å². The first-order valence-corrected chi connectivity index (χ1v) is 20.8. The highest BCUT2D eigenvalue weighted by atomic mass is 16.7. The van der Waals surface area contributed by atoms with Gasteiger partial charge >= 0.3 is 23.7 Å². The fourth-order valence-electron chi connectivity index (χ4n) is 7.39. The summed E-state index contributed by atoms with van der Waals surface area (Å²) in [6.45, 7) is 6.48. The number of aliphatic hydroxyl groups is 4. The highest BCUT2D eigenvalue weighted by Crippen LogP contribution is 2.34. The van der Waals surface area contributed by atoms with Gasteiger partial charge in [-0.1, -0.05) is 27.7 Å². The lowest BCUT2D eigenvalue weighted by Gasteiger charge is -2.33. The first-order chi connectivity index (χ1) is 30.1. The number of carboxylic acid groups (broad SMARTS) is 2. The maximum absolute atomic E-state index is 13.8. The molecule has 1 aromatic heterocycles. The van der Waals surface area contributed by atoms with Gasteiger partial charge in [0, 0.05) is 31.9 Å². The summed E-state index contributed by atoms with van der Waals surface area (Å²) in [7, 11) is 0. The number of nitrogens with one attached hydrogen (secondary N) is 7. The third-order valence-corrected chi connectivity index (χ3v) is 10.8. The standard InChI is InChI=1S/C37H61N11O16/c1-14(2)12-17(43-30(55)21(16-6-10-42-35(39)44-16)47-36(60)46-20(15(3)4)32(56)57)29(54)41-9-5-8-40-22(33(58)59)27(64-34-26(53)23(50)18(13-38)62-34)28-24(51)25(52)31(63-28)48-11-7-19(49)45-37(48)61/h7,11,14-18,20-28,31,34,40,50-53H,5-6,8-10,12-13,38H2,1-4H3,(H,41,54)(H,43,55)(H,56,57)(H,58,59)(H3,39,42,44)(H,45,49,61)(H2,46,47,60)/t16-,17+,18+,20-,21-,22-,23+,24-,25+,26+,27-,28-,31+,34-/m0/s1. The molecule has 3 aliphatic heterocycles. The molecule has 64 heavy (non-hydrogen) atoms. The number of nitrogens with zero attached hydrogens (tertiary/aromatic N) is 2. The summed E-state index contributed by atoms with van der Waals surface area (Å²) < 4.78 is 17.9. The van der Waals surface area contributed by atoms with Gasteiger partial charge in [0.15, 0.2) is 18.5 Å². The van der Waals surface area contributed by atoms with Crippen LogP contribution in [0, 0.1) is 11.8 Å². The molecule has 0 bridgehead atoms. The van der Waals surface area contributed by atoms with Crippen molar-refractivity contribution in [1.29, 1.82) is 0 Å². The Morgan fingerprint density at radius 1 is 0.922 bits per heavy atom. The third kappa shape index (κ3) is 13.2. The van der Waals surface area contributed by atoms with Gasteiger partial charge in [0.05, 0.1) is 6.04 Å². The summed E-state index contributed by atoms with van der Waals surface area (Å²) in [5, 5.41) is 78.9. The number of aromatic amines is 1. The Labute approximate surface area is 365 Å². The van der Waals surface area contributed by atoms with Crippen molar-refractivity contribution >= 4 is 35.7 Å². The number of aliphatic carboxylic acids is 2. The molecule has 27 heteroatoms. The summed E-state index contributed by atoms with van der Waals surface area (Å²) in [5.41, 5.74) is 9.69. The molecular weight excluding hydrogens is 854 g/mol. The molecule has 4 heterocycles. The van der Waals surface area contributed by atoms with Crippen molar-refractivity contribution in [2.75, 3.05) is 26.2 Å². The molecule has 3 aliphatic rings. The molecule has 14 atom stereocenters. The topological polar surface area (TPSA) is 426 Å². The molecule has 27 nitrogen and oxygen atoms in total. The van der Waals surface area contributed by atoms with Gasteiger partial charge in [0.1, 0.15) is 66.9 Å². The minimum atomic E-state index is -1.93. The van der Waals surface area contributed by atoms with Crippen molar-refractivity contribution < 1.29 is 68.8 Å². The molecule has 0 aliphatic carbocycles. The molecule has 0 spiro atoms. The largest absolute Gasteiger partial charge is 0.480 e. The number of aliphatic imine (C=N–C) groups is 1. The predicted molar refractivity (Wildman–Crippen MR) is 220 cm³/mol. The Kier molecular flexibility index (Phi) is 18.5. The number of guanidine groups is 1. The Balaban J connectivity index is 1.46. The highest BCUT2D eigenvalue weighted by Gasteiger charge is 2.54. The van der Waals surface area contributed by atoms with Gasteiger partial charge in [-0.25, -0.2) is 14.4 Å². The van der Waals surface area contributed by atoms with Crippen LogP contribution < -0.4 is 54.6 Å². The summed E-state index contributed by atoms with van der Waals surface area (Å²) in [6, 6.07) is -6.37. The van der Waals surface area contributed by atoms with E-state index >= 15 is 0 Å². The highest BCUT2D eigenvalue weighted by molar-refractivity contribution is 5.93. The van der Waals surface area contributed by atoms with Crippen LogP contribution in [0.4, 0.5) is 4.79 Å². The van der Waals surface area contributed by atoms with Crippen LogP contribution >= 0.6 is 0 Å². The Morgan fingerprint density at radius 3 is 2.19 bits per heavy atom. The van der Waals surface area contributed by atoms with Crippen LogP contribution in [-0.2, 0) is 33.4 Å². The number of H-pyrrole nitrogens is 1. The normalized spacial score (nSPS) is 28.0. The number of aromatic nitrogens is 2. The minimum absolute atomic E-state index is 0.00911. The first kappa shape index (κ1) is 51.4. The van der Waals surface area contributed by atoms with Gasteiger partial charge < -0.3 is 88.2 Å². The molecule has 4 rings (SSSR count). The number of carboxylic acids is 2. The number of hydrogen-bond donors (Lipinski definition) is 15. The Morgan fingerprint density at radius 2 is 1.61 bits per heavy atom. The summed E-state index contributed by atoms with van der Waals surface area (Å²) in [6.07, 6.45) is -13.7. The molecule has 0 unspecified atom stereocenters. The summed E-state index contributed by atoms with van der Waals surface area (Å²) in [5.74, 6) is -4.90. The van der Waals surface area contributed by atoms with E-state index in [4.69, 9.17) is 25.7 Å². The monoisotopic (exact) mass is 915 g/mol. The SMILES string of the molecule is CC(C)C[C@@H](NC(=O)[C@@H](NC(=O)N[C@H](C(=O)O)C(C)C)[C@@H]1CCN=C(N)N1)C(=O)NCCCN[C@H](C(=O)O)[C@H](O[C@@H]1O[C@H](CN)[C@@H](O)[C@H]1O)[C@H]1O[C@@H](n2ccc(=O)[nH]c2=O)[C@H](O)[C@@H]1O. The number of carbonyl (C=O) groups excluding carboxylic acids is 3. The van der Waals surface area contributed by atoms with E-state index in [0.29, 0.717) is 0 Å². The van der Waals surface area contributed by atoms with Crippen LogP contribution in [-0.4, -0.2) is 181 Å². The molecular formula is C37H61N11O16. The molecule has 0 saturated carbocycles. The van der Waals surface area contributed by atoms with E-state index in [1.54, 1.807) is 27.7 Å². The van der Waals surface area contributed by atoms with Crippen molar-refractivity contribution in [3.05, 3.63) is 33.1 Å². The Hall–Kier alpha value is -5.26. The van der Waals surface area contributed by atoms with E-state index in [1.165, 1.54) is 0 Å². The van der Waals surface area contributed by atoms with Crippen molar-refractivity contribution in [3.8, 4) is 0 Å². The number of aliphatic hydroxyl groups excluding tert-OH is 4. The quantitative estimate of drug-likeness (QED) is 0.0481. The number of ether oxygens (including phenoxy) is 3. The zero-order valence-corrected chi connectivity index (χ0v) is 35.7. The average molecular weight is 916 g/mol. The molecule has 4 amide bonds. The van der Waals surface area contributed by atoms with E-state index < -0.39 is 132 Å². The number of carbonyl (C=O) groups is 5. The number of amides is 4. The molecule has 0 aromatic carbocycles. The van der Waals surface area contributed by atoms with Crippen LogP contribution in [0.1, 0.15) is 53.2 Å². The van der Waals surface area contributed by atoms with Crippen molar-refractivity contribution in [1.82, 2.24) is 41.5 Å². The van der Waals surface area contributed by atoms with E-state index in [2.05, 4.69) is 36.9 Å². The average Bonchev–Trinajstić information content (AvgIpc) is 3.66. The number of nitrogens with two attached hydrogens (primary N) is 2.